The van der Waals surface area contributed by atoms with Crippen LogP contribution in [0.5, 0.6) is 0 Å². The van der Waals surface area contributed by atoms with Gasteiger partial charge in [-0.15, -0.1) is 10.2 Å². The number of halogens is 2. The number of sulfonamides is 1. The van der Waals surface area contributed by atoms with Crippen LogP contribution in [0.25, 0.3) is 16.3 Å². The fourth-order valence-electron chi connectivity index (χ4n) is 5.64. The minimum absolute atomic E-state index is 0.0938. The Kier molecular flexibility index (Phi) is 5.45. The van der Waals surface area contributed by atoms with E-state index in [4.69, 9.17) is 4.98 Å². The summed E-state index contributed by atoms with van der Waals surface area (Å²) in [7, 11) is -3.85. The van der Waals surface area contributed by atoms with Gasteiger partial charge in [0, 0.05) is 49.9 Å². The van der Waals surface area contributed by atoms with Crippen LogP contribution in [-0.2, 0) is 10.0 Å². The molecular weight excluding hydrogens is 534 g/mol. The molecule has 2 aliphatic carbocycles. The van der Waals surface area contributed by atoms with Crippen LogP contribution in [-0.4, -0.2) is 71.3 Å². The van der Waals surface area contributed by atoms with Crippen molar-refractivity contribution in [3.63, 3.8) is 0 Å². The van der Waals surface area contributed by atoms with Crippen molar-refractivity contribution in [1.82, 2.24) is 34.9 Å². The van der Waals surface area contributed by atoms with Crippen LogP contribution < -0.4 is 20.3 Å². The second-order valence-corrected chi connectivity index (χ2v) is 14.3. The van der Waals surface area contributed by atoms with Gasteiger partial charge in [-0.1, -0.05) is 11.3 Å². The number of nitrogens with one attached hydrogen (secondary N) is 3. The summed E-state index contributed by atoms with van der Waals surface area (Å²) in [6.07, 6.45) is 2.30. The van der Waals surface area contributed by atoms with E-state index < -0.39 is 22.0 Å². The van der Waals surface area contributed by atoms with Gasteiger partial charge in [0.05, 0.1) is 16.9 Å². The average Bonchev–Trinajstić information content (AvgIpc) is 3.71. The van der Waals surface area contributed by atoms with E-state index in [-0.39, 0.29) is 27.4 Å². The maximum absolute atomic E-state index is 13.6. The Morgan fingerprint density at radius 3 is 2.61 bits per heavy atom. The van der Waals surface area contributed by atoms with Crippen LogP contribution in [0.3, 0.4) is 0 Å². The highest BCUT2D eigenvalue weighted by Crippen LogP contribution is 2.46. The highest BCUT2D eigenvalue weighted by Gasteiger charge is 2.45. The second-order valence-electron chi connectivity index (χ2n) is 11.6. The fourth-order valence-corrected chi connectivity index (χ4v) is 7.88. The summed E-state index contributed by atoms with van der Waals surface area (Å²) in [6, 6.07) is 1.91. The van der Waals surface area contributed by atoms with E-state index in [1.54, 1.807) is 16.7 Å². The molecule has 4 fully saturated rings. The third-order valence-corrected chi connectivity index (χ3v) is 10.5. The molecule has 4 aliphatic rings. The summed E-state index contributed by atoms with van der Waals surface area (Å²) >= 11 is 0.831. The third kappa shape index (κ3) is 4.21. The zero-order valence-corrected chi connectivity index (χ0v) is 22.8. The minimum Gasteiger partial charge on any atom is -0.365 e. The van der Waals surface area contributed by atoms with Gasteiger partial charge in [-0.05, 0) is 45.6 Å². The number of aromatic nitrogens is 4. The van der Waals surface area contributed by atoms with Gasteiger partial charge in [0.25, 0.3) is 6.43 Å². The number of hydrogen-bond acceptors (Lipinski definition) is 9. The van der Waals surface area contributed by atoms with Crippen molar-refractivity contribution in [3.05, 3.63) is 23.0 Å². The summed E-state index contributed by atoms with van der Waals surface area (Å²) < 4.78 is 58.7. The number of piperazine rings is 1. The number of alkyl halides is 2. The maximum atomic E-state index is 13.6. The average molecular weight is 565 g/mol. The monoisotopic (exact) mass is 564 g/mol. The van der Waals surface area contributed by atoms with Gasteiger partial charge < -0.3 is 15.5 Å². The lowest BCUT2D eigenvalue weighted by atomic mass is 9.88. The Balaban J connectivity index is 1.44. The van der Waals surface area contributed by atoms with Crippen molar-refractivity contribution >= 4 is 32.7 Å². The number of hydrogen-bond donors (Lipinski definition) is 3. The summed E-state index contributed by atoms with van der Waals surface area (Å²) in [4.78, 5) is 7.37. The Morgan fingerprint density at radius 1 is 1.24 bits per heavy atom. The lowest BCUT2D eigenvalue weighted by molar-refractivity contribution is 0.150. The largest absolute Gasteiger partial charge is 0.365 e. The van der Waals surface area contributed by atoms with E-state index in [0.29, 0.717) is 29.4 Å². The van der Waals surface area contributed by atoms with E-state index >= 15 is 0 Å². The van der Waals surface area contributed by atoms with Gasteiger partial charge in [-0.3, -0.25) is 4.40 Å². The van der Waals surface area contributed by atoms with Crippen LogP contribution in [0.1, 0.15) is 62.6 Å². The molecule has 10 nitrogen and oxygen atoms in total. The lowest BCUT2D eigenvalue weighted by Crippen LogP contribution is -2.77. The zero-order valence-electron chi connectivity index (χ0n) is 21.2. The molecule has 3 aromatic heterocycles. The molecule has 1 spiro atoms. The highest BCUT2D eigenvalue weighted by molar-refractivity contribution is 7.89. The normalized spacial score (nSPS) is 24.3. The molecule has 2 aliphatic heterocycles. The van der Waals surface area contributed by atoms with E-state index in [0.717, 1.165) is 61.5 Å². The van der Waals surface area contributed by atoms with Gasteiger partial charge in [-0.2, -0.15) is 0 Å². The molecule has 0 amide bonds. The number of rotatable bonds is 7. The van der Waals surface area contributed by atoms with Gasteiger partial charge in [0.1, 0.15) is 10.6 Å². The summed E-state index contributed by atoms with van der Waals surface area (Å²) in [5.41, 5.74) is 2.13. The summed E-state index contributed by atoms with van der Waals surface area (Å²) in [6.45, 7) is 7.06. The van der Waals surface area contributed by atoms with E-state index in [1.807, 2.05) is 6.92 Å². The van der Waals surface area contributed by atoms with Crippen molar-refractivity contribution in [1.29, 1.82) is 0 Å². The molecule has 0 aromatic carbocycles. The van der Waals surface area contributed by atoms with Crippen LogP contribution >= 0.6 is 11.3 Å². The van der Waals surface area contributed by atoms with Gasteiger partial charge >= 0.3 is 0 Å². The van der Waals surface area contributed by atoms with E-state index in [1.165, 1.54) is 0 Å². The van der Waals surface area contributed by atoms with Crippen molar-refractivity contribution in [2.24, 2.45) is 0 Å². The van der Waals surface area contributed by atoms with Crippen molar-refractivity contribution in [2.75, 3.05) is 31.1 Å². The number of anilines is 1. The molecule has 14 heteroatoms. The molecule has 3 N–H and O–H groups in total. The number of nitrogens with zero attached hydrogens (tertiary/aromatic N) is 5. The second kappa shape index (κ2) is 8.37. The summed E-state index contributed by atoms with van der Waals surface area (Å²) in [5.74, 6) is 0.185. The van der Waals surface area contributed by atoms with Crippen LogP contribution in [0.15, 0.2) is 17.2 Å². The number of fused-ring (bicyclic) bond motifs is 1. The number of pyridine rings is 1. The molecule has 5 heterocycles. The molecular formula is C24H30F2N8O2S2. The van der Waals surface area contributed by atoms with E-state index in [9.17, 15) is 17.2 Å². The minimum atomic E-state index is -3.85. The van der Waals surface area contributed by atoms with Gasteiger partial charge in [0.15, 0.2) is 15.7 Å². The van der Waals surface area contributed by atoms with Gasteiger partial charge in [-0.25, -0.2) is 26.9 Å². The zero-order chi connectivity index (χ0) is 26.4. The smallest absolute Gasteiger partial charge is 0.291 e. The molecule has 7 rings (SSSR count). The van der Waals surface area contributed by atoms with E-state index in [2.05, 4.69) is 37.4 Å². The molecule has 204 valence electrons. The Hall–Kier alpha value is -2.26. The lowest BCUT2D eigenvalue weighted by Gasteiger charge is -2.52. The summed E-state index contributed by atoms with van der Waals surface area (Å²) in [5, 5.41) is 14.8. The predicted octanol–water partition coefficient (Wildman–Crippen LogP) is 2.64. The first-order chi connectivity index (χ1) is 18.0. The standard InChI is InChI=1S/C24H30F2N8O2S2/c1-13-8-33(12-24(29-13)10-27-11-24)16-7-15(38(35,36)32-23(2)5-6-23)9-34-18(17(14-3-4-14)28-20(16)34)21-30-31-22(37-21)19(25)26/h7,9,13-14,19,27,29,32H,3-6,8,10-12H2,1-2H3/t13-/m0/s1. The topological polar surface area (TPSA) is 117 Å². The SMILES string of the molecule is C[C@H]1CN(c2cc(S(=O)(=O)NC3(C)CC3)cn3c(-c4nnc(C(F)F)s4)c(C4CC4)nc23)CC2(CNC2)N1. The van der Waals surface area contributed by atoms with Crippen LogP contribution in [0.4, 0.5) is 14.5 Å². The first-order valence-electron chi connectivity index (χ1n) is 13.0. The first kappa shape index (κ1) is 24.8. The van der Waals surface area contributed by atoms with Crippen molar-refractivity contribution in [3.8, 4) is 10.7 Å². The van der Waals surface area contributed by atoms with Crippen molar-refractivity contribution in [2.45, 2.75) is 73.9 Å². The first-order valence-corrected chi connectivity index (χ1v) is 15.3. The predicted molar refractivity (Wildman–Crippen MR) is 139 cm³/mol. The third-order valence-electron chi connectivity index (χ3n) is 8.00. The molecule has 2 saturated carbocycles. The molecule has 0 bridgehead atoms. The fraction of sp³-hybridized carbons (Fsp3) is 0.625. The van der Waals surface area contributed by atoms with Crippen molar-refractivity contribution < 1.29 is 17.2 Å². The highest BCUT2D eigenvalue weighted by atomic mass is 32.2. The Labute approximate surface area is 223 Å². The molecule has 0 radical (unpaired) electrons. The maximum Gasteiger partial charge on any atom is 0.291 e. The van der Waals surface area contributed by atoms with Crippen LogP contribution in [0.2, 0.25) is 0 Å². The molecule has 3 aromatic rings. The molecule has 38 heavy (non-hydrogen) atoms. The molecule has 2 saturated heterocycles. The van der Waals surface area contributed by atoms with Gasteiger partial charge in [0.2, 0.25) is 10.0 Å². The molecule has 1 atom stereocenters. The van der Waals surface area contributed by atoms with Crippen LogP contribution in [0, 0.1) is 0 Å². The Morgan fingerprint density at radius 2 is 2.00 bits per heavy atom. The molecule has 0 unspecified atom stereocenters. The quantitative estimate of drug-likeness (QED) is 0.401. The number of imidazole rings is 1. The Bertz CT molecular complexity index is 1530.